The van der Waals surface area contributed by atoms with Crippen LogP contribution in [-0.2, 0) is 15.0 Å². The number of fused-ring (bicyclic) bond motifs is 9. The number of halogens is 1. The molecule has 8 heteroatoms. The van der Waals surface area contributed by atoms with Gasteiger partial charge in [-0.2, -0.15) is 0 Å². The lowest BCUT2D eigenvalue weighted by Gasteiger charge is -2.43. The molecule has 0 spiro atoms. The van der Waals surface area contributed by atoms with E-state index in [4.69, 9.17) is 0 Å². The maximum absolute atomic E-state index is 13.7. The third kappa shape index (κ3) is 3.31. The highest BCUT2D eigenvalue weighted by atomic mass is 32.2. The van der Waals surface area contributed by atoms with Gasteiger partial charge in [0, 0.05) is 16.0 Å². The van der Waals surface area contributed by atoms with Gasteiger partial charge in [0.25, 0.3) is 0 Å². The molecule has 2 aliphatic heterocycles. The number of imide groups is 1. The van der Waals surface area contributed by atoms with Crippen LogP contribution in [0.2, 0.25) is 0 Å². The number of rotatable bonds is 2. The fourth-order valence-electron chi connectivity index (χ4n) is 7.43. The Hall–Kier alpha value is -2.71. The van der Waals surface area contributed by atoms with Gasteiger partial charge < -0.3 is 4.98 Å². The fourth-order valence-corrected chi connectivity index (χ4v) is 10.3. The molecule has 1 aromatic heterocycles. The normalized spacial score (nSPS) is 32.0. The standard InChI is InChI=1S/C29H27FN2O3S2/c1-29(2,3)14-6-4-13(5-7-14)19-20-17-12-18(23(20)36-25-24(19)37-28(35)31-25)22-21(17)26(33)32(27(22)34)16-10-8-15(30)9-11-16/h4-11,17-23H,12H2,1-3H3,(H,31,35)/t17-,18-,19+,20+,21+,22+,23-/m1/s1. The highest BCUT2D eigenvalue weighted by Crippen LogP contribution is 2.68. The molecular weight excluding hydrogens is 507 g/mol. The largest absolute Gasteiger partial charge is 0.307 e. The van der Waals surface area contributed by atoms with E-state index in [0.717, 1.165) is 21.9 Å². The summed E-state index contributed by atoms with van der Waals surface area (Å²) < 4.78 is 13.5. The van der Waals surface area contributed by atoms with Crippen LogP contribution in [0.25, 0.3) is 0 Å². The predicted molar refractivity (Wildman–Crippen MR) is 143 cm³/mol. The molecule has 190 valence electrons. The van der Waals surface area contributed by atoms with Gasteiger partial charge in [-0.1, -0.05) is 56.4 Å². The molecule has 3 heterocycles. The first kappa shape index (κ1) is 23.4. The summed E-state index contributed by atoms with van der Waals surface area (Å²) in [4.78, 5) is 45.2. The van der Waals surface area contributed by atoms with Gasteiger partial charge in [-0.25, -0.2) is 4.39 Å². The van der Waals surface area contributed by atoms with Gasteiger partial charge in [0.05, 0.1) is 22.5 Å². The van der Waals surface area contributed by atoms with Crippen molar-refractivity contribution in [2.75, 3.05) is 4.90 Å². The number of H-pyrrole nitrogens is 1. The first-order chi connectivity index (χ1) is 17.6. The summed E-state index contributed by atoms with van der Waals surface area (Å²) in [6, 6.07) is 14.3. The van der Waals surface area contributed by atoms with Crippen LogP contribution in [0.1, 0.15) is 49.1 Å². The SMILES string of the molecule is CC(C)(C)c1ccc([C@@H]2c3sc(=O)[nH]c3S[C@@H]3[C@@H]4C[C@@H]([C@@H]5C(=O)N(c6ccc(F)cc6)C(=O)[C@@H]45)[C@@H]23)cc1. The monoisotopic (exact) mass is 534 g/mol. The zero-order valence-corrected chi connectivity index (χ0v) is 22.4. The average molecular weight is 535 g/mol. The minimum Gasteiger partial charge on any atom is -0.307 e. The minimum atomic E-state index is -0.397. The van der Waals surface area contributed by atoms with Crippen molar-refractivity contribution in [2.24, 2.45) is 29.6 Å². The molecule has 3 fully saturated rings. The number of hydrogen-bond acceptors (Lipinski definition) is 5. The fraction of sp³-hybridized carbons (Fsp3) is 0.414. The number of thiazole rings is 1. The van der Waals surface area contributed by atoms with Gasteiger partial charge in [0.15, 0.2) is 0 Å². The molecule has 0 radical (unpaired) electrons. The van der Waals surface area contributed by atoms with Gasteiger partial charge in [0.2, 0.25) is 11.8 Å². The van der Waals surface area contributed by atoms with Crippen molar-refractivity contribution in [1.82, 2.24) is 4.98 Å². The number of thioether (sulfide) groups is 1. The number of nitrogens with zero attached hydrogens (tertiary/aromatic N) is 1. The zero-order chi connectivity index (χ0) is 25.8. The number of nitrogens with one attached hydrogen (secondary N) is 1. The van der Waals surface area contributed by atoms with Crippen molar-refractivity contribution in [3.63, 3.8) is 0 Å². The lowest BCUT2D eigenvalue weighted by molar-refractivity contribution is -0.123. The van der Waals surface area contributed by atoms with Crippen molar-refractivity contribution >= 4 is 40.6 Å². The van der Waals surface area contributed by atoms with E-state index in [0.29, 0.717) is 5.69 Å². The van der Waals surface area contributed by atoms with Crippen LogP contribution < -0.4 is 9.77 Å². The van der Waals surface area contributed by atoms with Crippen molar-refractivity contribution in [1.29, 1.82) is 0 Å². The molecule has 3 aromatic rings. The molecule has 4 aliphatic rings. The van der Waals surface area contributed by atoms with Crippen LogP contribution in [0.4, 0.5) is 10.1 Å². The second-order valence-electron chi connectivity index (χ2n) is 11.8. The van der Waals surface area contributed by atoms with Crippen LogP contribution in [0.3, 0.4) is 0 Å². The van der Waals surface area contributed by atoms with Gasteiger partial charge in [-0.15, -0.1) is 11.8 Å². The molecule has 2 aliphatic carbocycles. The van der Waals surface area contributed by atoms with Crippen molar-refractivity contribution in [3.05, 3.63) is 80.0 Å². The second kappa shape index (κ2) is 7.90. The Balaban J connectivity index is 1.30. The zero-order valence-electron chi connectivity index (χ0n) is 20.7. The van der Waals surface area contributed by atoms with E-state index in [9.17, 15) is 18.8 Å². The summed E-state index contributed by atoms with van der Waals surface area (Å²) in [5, 5.41) is 1.07. The van der Waals surface area contributed by atoms with E-state index >= 15 is 0 Å². The van der Waals surface area contributed by atoms with Crippen LogP contribution in [0, 0.1) is 35.4 Å². The molecule has 2 aromatic carbocycles. The lowest BCUT2D eigenvalue weighted by Crippen LogP contribution is -2.42. The predicted octanol–water partition coefficient (Wildman–Crippen LogP) is 5.55. The van der Waals surface area contributed by atoms with Gasteiger partial charge in [-0.05, 0) is 65.0 Å². The Kier molecular flexibility index (Phi) is 5.00. The highest BCUT2D eigenvalue weighted by molar-refractivity contribution is 8.00. The smallest absolute Gasteiger partial charge is 0.305 e. The summed E-state index contributed by atoms with van der Waals surface area (Å²) in [6.07, 6.45) is 0.849. The molecule has 1 saturated heterocycles. The highest BCUT2D eigenvalue weighted by Gasteiger charge is 2.69. The molecule has 7 atom stereocenters. The Morgan fingerprint density at radius 2 is 1.57 bits per heavy atom. The Bertz CT molecular complexity index is 1490. The number of benzene rings is 2. The minimum absolute atomic E-state index is 0.0120. The van der Waals surface area contributed by atoms with Crippen LogP contribution in [-0.4, -0.2) is 22.0 Å². The van der Waals surface area contributed by atoms with Crippen LogP contribution >= 0.6 is 23.1 Å². The number of aromatic nitrogens is 1. The number of carbonyl (C=O) groups excluding carboxylic acids is 2. The van der Waals surface area contributed by atoms with Crippen LogP contribution in [0.5, 0.6) is 0 Å². The van der Waals surface area contributed by atoms with Crippen molar-refractivity contribution in [2.45, 2.75) is 48.8 Å². The summed E-state index contributed by atoms with van der Waals surface area (Å²) in [7, 11) is 0. The summed E-state index contributed by atoms with van der Waals surface area (Å²) in [5.41, 5.74) is 2.89. The summed E-state index contributed by atoms with van der Waals surface area (Å²) in [6.45, 7) is 6.57. The molecular formula is C29H27FN2O3S2. The van der Waals surface area contributed by atoms with Crippen molar-refractivity contribution in [3.8, 4) is 0 Å². The molecule has 1 N–H and O–H groups in total. The quantitative estimate of drug-likeness (QED) is 0.438. The average Bonchev–Trinajstić information content (AvgIpc) is 3.58. The Morgan fingerprint density at radius 3 is 2.22 bits per heavy atom. The Labute approximate surface area is 222 Å². The molecule has 2 bridgehead atoms. The van der Waals surface area contributed by atoms with E-state index < -0.39 is 5.82 Å². The molecule has 2 saturated carbocycles. The number of aromatic amines is 1. The van der Waals surface area contributed by atoms with E-state index in [2.05, 4.69) is 50.0 Å². The van der Waals surface area contributed by atoms with Gasteiger partial charge in [-0.3, -0.25) is 19.3 Å². The topological polar surface area (TPSA) is 70.2 Å². The van der Waals surface area contributed by atoms with E-state index in [-0.39, 0.29) is 62.9 Å². The molecule has 37 heavy (non-hydrogen) atoms. The lowest BCUT2D eigenvalue weighted by atomic mass is 9.68. The second-order valence-corrected chi connectivity index (χ2v) is 14.0. The van der Waals surface area contributed by atoms with E-state index in [1.807, 2.05) is 0 Å². The van der Waals surface area contributed by atoms with E-state index in [1.165, 1.54) is 46.1 Å². The molecule has 2 amide bonds. The summed E-state index contributed by atoms with van der Waals surface area (Å²) >= 11 is 2.97. The first-order valence-electron chi connectivity index (χ1n) is 12.8. The number of hydrogen-bond donors (Lipinski definition) is 1. The third-order valence-electron chi connectivity index (χ3n) is 8.94. The molecule has 7 rings (SSSR count). The summed E-state index contributed by atoms with van der Waals surface area (Å²) in [5.74, 6) is -1.13. The number of anilines is 1. The third-order valence-corrected chi connectivity index (χ3v) is 11.5. The van der Waals surface area contributed by atoms with E-state index in [1.54, 1.807) is 11.8 Å². The number of carbonyl (C=O) groups is 2. The molecule has 0 unspecified atom stereocenters. The van der Waals surface area contributed by atoms with Crippen LogP contribution in [0.15, 0.2) is 58.4 Å². The van der Waals surface area contributed by atoms with Gasteiger partial charge in [0.1, 0.15) is 5.82 Å². The van der Waals surface area contributed by atoms with Crippen molar-refractivity contribution < 1.29 is 14.0 Å². The van der Waals surface area contributed by atoms with Gasteiger partial charge >= 0.3 is 4.87 Å². The molecule has 5 nitrogen and oxygen atoms in total. The maximum Gasteiger partial charge on any atom is 0.305 e. The Morgan fingerprint density at radius 1 is 0.919 bits per heavy atom. The maximum atomic E-state index is 13.7. The first-order valence-corrected chi connectivity index (χ1v) is 14.5. The number of amides is 2.